The van der Waals surface area contributed by atoms with Crippen molar-refractivity contribution in [3.8, 4) is 0 Å². The van der Waals surface area contributed by atoms with E-state index in [1.54, 1.807) is 21.1 Å². The lowest BCUT2D eigenvalue weighted by atomic mass is 9.87. The molecule has 1 unspecified atom stereocenters. The number of carbonyl (C=O) groups is 2. The third-order valence-corrected chi connectivity index (χ3v) is 2.61. The number of hydrogen-bond donors (Lipinski definition) is 1. The summed E-state index contributed by atoms with van der Waals surface area (Å²) in [6.45, 7) is 6.39. The topological polar surface area (TPSA) is 66.6 Å². The number of nitrogens with zero attached hydrogens (tertiary/aromatic N) is 2. The molecule has 0 aliphatic heterocycles. The Hall–Kier alpha value is -1.10. The Morgan fingerprint density at radius 3 is 2.00 bits per heavy atom. The third-order valence-electron chi connectivity index (χ3n) is 2.61. The first kappa shape index (κ1) is 16.9. The van der Waals surface area contributed by atoms with Crippen molar-refractivity contribution in [2.24, 2.45) is 11.1 Å². The molecule has 0 radical (unpaired) electrons. The molecule has 2 N–H and O–H groups in total. The van der Waals surface area contributed by atoms with Crippen molar-refractivity contribution < 1.29 is 9.59 Å². The molecule has 0 spiro atoms. The number of hydrogen-bond acceptors (Lipinski definition) is 3. The first-order chi connectivity index (χ1) is 8.03. The number of rotatable bonds is 5. The van der Waals surface area contributed by atoms with Gasteiger partial charge < -0.3 is 15.5 Å². The number of nitrogens with two attached hydrogens (primary N) is 1. The summed E-state index contributed by atoms with van der Waals surface area (Å²) in [5, 5.41) is 0. The second-order valence-electron chi connectivity index (χ2n) is 6.27. The van der Waals surface area contributed by atoms with Crippen LogP contribution in [0, 0.1) is 5.41 Å². The number of carbonyl (C=O) groups excluding carboxylic acids is 2. The molecule has 18 heavy (non-hydrogen) atoms. The van der Waals surface area contributed by atoms with Crippen LogP contribution in [0.5, 0.6) is 0 Å². The molecule has 0 heterocycles. The molecule has 106 valence electrons. The molecule has 0 aromatic heterocycles. The lowest BCUT2D eigenvalue weighted by Gasteiger charge is -2.25. The highest BCUT2D eigenvalue weighted by atomic mass is 16.2. The molecule has 0 fully saturated rings. The van der Waals surface area contributed by atoms with Crippen LogP contribution in [0.1, 0.15) is 33.6 Å². The van der Waals surface area contributed by atoms with Gasteiger partial charge in [0.2, 0.25) is 11.8 Å². The van der Waals surface area contributed by atoms with Gasteiger partial charge in [-0.05, 0) is 11.8 Å². The van der Waals surface area contributed by atoms with Gasteiger partial charge in [-0.15, -0.1) is 0 Å². The first-order valence-electron chi connectivity index (χ1n) is 6.22. The van der Waals surface area contributed by atoms with Crippen LogP contribution in [-0.4, -0.2) is 55.3 Å². The zero-order chi connectivity index (χ0) is 14.5. The normalized spacial score (nSPS) is 13.1. The average molecular weight is 257 g/mol. The smallest absolute Gasteiger partial charge is 0.241 e. The second-order valence-corrected chi connectivity index (χ2v) is 6.27. The van der Waals surface area contributed by atoms with Crippen molar-refractivity contribution in [3.05, 3.63) is 0 Å². The van der Waals surface area contributed by atoms with Gasteiger partial charge in [-0.3, -0.25) is 9.59 Å². The summed E-state index contributed by atoms with van der Waals surface area (Å²) in [5.74, 6) is -0.169. The van der Waals surface area contributed by atoms with Gasteiger partial charge in [0.05, 0.1) is 6.54 Å². The number of amides is 2. The molecule has 0 saturated heterocycles. The molecule has 0 bridgehead atoms. The summed E-state index contributed by atoms with van der Waals surface area (Å²) < 4.78 is 0. The largest absolute Gasteiger partial charge is 0.347 e. The van der Waals surface area contributed by atoms with Crippen LogP contribution in [0.25, 0.3) is 0 Å². The Morgan fingerprint density at radius 2 is 1.61 bits per heavy atom. The van der Waals surface area contributed by atoms with Crippen molar-refractivity contribution in [3.63, 3.8) is 0 Å². The zero-order valence-electron chi connectivity index (χ0n) is 12.5. The molecule has 1 atom stereocenters. The minimum absolute atomic E-state index is 0.0815. The van der Waals surface area contributed by atoms with Gasteiger partial charge >= 0.3 is 0 Å². The first-order valence-corrected chi connectivity index (χ1v) is 6.22. The summed E-state index contributed by atoms with van der Waals surface area (Å²) in [6, 6.07) is -0.158. The Labute approximate surface area is 110 Å². The molecule has 5 heteroatoms. The Morgan fingerprint density at radius 1 is 1.11 bits per heavy atom. The maximum atomic E-state index is 11.9. The monoisotopic (exact) mass is 257 g/mol. The molecule has 5 nitrogen and oxygen atoms in total. The lowest BCUT2D eigenvalue weighted by molar-refractivity contribution is -0.138. The van der Waals surface area contributed by atoms with Crippen molar-refractivity contribution in [1.29, 1.82) is 0 Å². The predicted octanol–water partition coefficient (Wildman–Crippen LogP) is 0.687. The van der Waals surface area contributed by atoms with E-state index in [0.717, 1.165) is 6.42 Å². The van der Waals surface area contributed by atoms with E-state index >= 15 is 0 Å². The predicted molar refractivity (Wildman–Crippen MR) is 73.0 cm³/mol. The van der Waals surface area contributed by atoms with Crippen LogP contribution in [0.3, 0.4) is 0 Å². The van der Waals surface area contributed by atoms with Gasteiger partial charge in [-0.2, -0.15) is 0 Å². The quantitative estimate of drug-likeness (QED) is 0.788. The fourth-order valence-corrected chi connectivity index (χ4v) is 1.67. The number of likely N-dealkylation sites (N-methyl/N-ethyl adjacent to an activating group) is 2. The van der Waals surface area contributed by atoms with Gasteiger partial charge in [0.15, 0.2) is 0 Å². The molecule has 0 aliphatic carbocycles. The highest BCUT2D eigenvalue weighted by molar-refractivity contribution is 5.84. The van der Waals surface area contributed by atoms with Crippen molar-refractivity contribution in [2.75, 3.05) is 27.7 Å². The van der Waals surface area contributed by atoms with Crippen molar-refractivity contribution in [1.82, 2.24) is 9.80 Å². The van der Waals surface area contributed by atoms with Crippen LogP contribution in [-0.2, 0) is 9.59 Å². The highest BCUT2D eigenvalue weighted by Gasteiger charge is 2.21. The molecule has 2 amide bonds. The van der Waals surface area contributed by atoms with Crippen LogP contribution in [0.4, 0.5) is 0 Å². The third kappa shape index (κ3) is 7.27. The van der Waals surface area contributed by atoms with Crippen molar-refractivity contribution in [2.45, 2.75) is 39.7 Å². The molecular weight excluding hydrogens is 230 g/mol. The summed E-state index contributed by atoms with van der Waals surface area (Å²) in [5.41, 5.74) is 6.06. The minimum atomic E-state index is -0.158. The maximum Gasteiger partial charge on any atom is 0.241 e. The summed E-state index contributed by atoms with van der Waals surface area (Å²) in [6.07, 6.45) is 1.07. The van der Waals surface area contributed by atoms with Crippen LogP contribution >= 0.6 is 0 Å². The van der Waals surface area contributed by atoms with E-state index in [4.69, 9.17) is 5.73 Å². The maximum absolute atomic E-state index is 11.9. The lowest BCUT2D eigenvalue weighted by Crippen LogP contribution is -2.40. The van der Waals surface area contributed by atoms with E-state index in [1.807, 2.05) is 0 Å². The van der Waals surface area contributed by atoms with E-state index in [-0.39, 0.29) is 36.2 Å². The SMILES string of the molecule is CN(C)C(=O)CN(C)C(=O)CC(N)CC(C)(C)C. The van der Waals surface area contributed by atoms with Gasteiger partial charge in [-0.1, -0.05) is 20.8 Å². The van der Waals surface area contributed by atoms with E-state index in [0.29, 0.717) is 0 Å². The summed E-state index contributed by atoms with van der Waals surface area (Å²) >= 11 is 0. The van der Waals surface area contributed by atoms with Gasteiger partial charge in [-0.25, -0.2) is 0 Å². The Bertz CT molecular complexity index is 295. The van der Waals surface area contributed by atoms with E-state index in [1.165, 1.54) is 9.80 Å². The molecule has 0 aromatic carbocycles. The van der Waals surface area contributed by atoms with E-state index < -0.39 is 0 Å². The summed E-state index contributed by atoms with van der Waals surface area (Å²) in [7, 11) is 4.98. The fourth-order valence-electron chi connectivity index (χ4n) is 1.67. The minimum Gasteiger partial charge on any atom is -0.347 e. The van der Waals surface area contributed by atoms with E-state index in [2.05, 4.69) is 20.8 Å². The van der Waals surface area contributed by atoms with Gasteiger partial charge in [0.1, 0.15) is 0 Å². The van der Waals surface area contributed by atoms with E-state index in [9.17, 15) is 9.59 Å². The van der Waals surface area contributed by atoms with Crippen LogP contribution in [0.15, 0.2) is 0 Å². The molecule has 0 aliphatic rings. The zero-order valence-corrected chi connectivity index (χ0v) is 12.5. The van der Waals surface area contributed by atoms with Crippen LogP contribution in [0.2, 0.25) is 0 Å². The summed E-state index contributed by atoms with van der Waals surface area (Å²) in [4.78, 5) is 26.3. The van der Waals surface area contributed by atoms with Crippen LogP contribution < -0.4 is 5.73 Å². The van der Waals surface area contributed by atoms with Gasteiger partial charge in [0.25, 0.3) is 0 Å². The Balaban J connectivity index is 4.20. The average Bonchev–Trinajstić information content (AvgIpc) is 2.13. The van der Waals surface area contributed by atoms with Crippen molar-refractivity contribution >= 4 is 11.8 Å². The Kier molecular flexibility index (Phi) is 6.32. The fraction of sp³-hybridized carbons (Fsp3) is 0.846. The molecule has 0 aromatic rings. The molecular formula is C13H27N3O2. The molecule has 0 saturated carbocycles. The second kappa shape index (κ2) is 6.73. The molecule has 0 rings (SSSR count). The van der Waals surface area contributed by atoms with Gasteiger partial charge in [0, 0.05) is 33.6 Å². The standard InChI is InChI=1S/C13H27N3O2/c1-13(2,3)8-10(14)7-11(17)16(6)9-12(18)15(4)5/h10H,7-9,14H2,1-6H3. The highest BCUT2D eigenvalue weighted by Crippen LogP contribution is 2.21.